The number of carbonyl (C=O) groups excluding carboxylic acids is 2. The normalized spacial score (nSPS) is 26.3. The summed E-state index contributed by atoms with van der Waals surface area (Å²) in [6.07, 6.45) is 4.71. The molecule has 2 fully saturated rings. The molecule has 1 heterocycles. The number of hydrogen-bond donors (Lipinski definition) is 3. The van der Waals surface area contributed by atoms with Crippen LogP contribution in [0.5, 0.6) is 0 Å². The molecule has 1 aliphatic heterocycles. The van der Waals surface area contributed by atoms with Crippen LogP contribution in [-0.2, 0) is 9.59 Å². The molecule has 1 aromatic rings. The molecule has 0 spiro atoms. The summed E-state index contributed by atoms with van der Waals surface area (Å²) in [7, 11) is 0. The zero-order chi connectivity index (χ0) is 18.7. The molecule has 3 rings (SSSR count). The molecular weight excluding hydrogens is 356 g/mol. The summed E-state index contributed by atoms with van der Waals surface area (Å²) < 4.78 is 0. The minimum atomic E-state index is -1.08. The first-order chi connectivity index (χ1) is 12.4. The number of amides is 2. The first kappa shape index (κ1) is 18.7. The van der Waals surface area contributed by atoms with Crippen molar-refractivity contribution in [1.29, 1.82) is 0 Å². The number of carbonyl (C=O) groups is 3. The number of aliphatic carboxylic acids is 1. The van der Waals surface area contributed by atoms with Crippen LogP contribution in [0, 0.1) is 11.8 Å². The van der Waals surface area contributed by atoms with Crippen LogP contribution in [0.1, 0.15) is 48.9 Å². The molecule has 1 saturated carbocycles. The number of benzene rings is 1. The smallest absolute Gasteiger partial charge is 0.326 e. The van der Waals surface area contributed by atoms with Gasteiger partial charge in [0.25, 0.3) is 5.91 Å². The van der Waals surface area contributed by atoms with E-state index < -0.39 is 17.9 Å². The van der Waals surface area contributed by atoms with Crippen molar-refractivity contribution in [1.82, 2.24) is 10.6 Å². The Bertz CT molecular complexity index is 691. The van der Waals surface area contributed by atoms with Crippen LogP contribution in [0.15, 0.2) is 24.3 Å². The predicted octanol–water partition coefficient (Wildman–Crippen LogP) is 2.61. The summed E-state index contributed by atoms with van der Waals surface area (Å²) in [6, 6.07) is 5.41. The molecule has 2 aliphatic rings. The molecule has 3 N–H and O–H groups in total. The number of carboxylic acid groups (broad SMARTS) is 1. The standard InChI is InChI=1S/C19H23ClN2O4/c20-13-7-5-11(6-8-13)18(24)22-16(19(25)26)9-12-10-17(23)21-15-4-2-1-3-14(12)15/h5-8,12,14-16H,1-4,9-10H2,(H,21,23)(H,22,24)(H,25,26)/t12?,14?,15?,16-/m1/s1. The van der Waals surface area contributed by atoms with Gasteiger partial charge in [0, 0.05) is 23.0 Å². The molecule has 1 saturated heterocycles. The highest BCUT2D eigenvalue weighted by Gasteiger charge is 2.40. The minimum Gasteiger partial charge on any atom is -0.480 e. The fourth-order valence-electron chi connectivity index (χ4n) is 4.18. The van der Waals surface area contributed by atoms with Gasteiger partial charge in [-0.05, 0) is 55.4 Å². The monoisotopic (exact) mass is 378 g/mol. The van der Waals surface area contributed by atoms with E-state index in [1.165, 1.54) is 0 Å². The quantitative estimate of drug-likeness (QED) is 0.733. The third-order valence-corrected chi connectivity index (χ3v) is 5.72. The molecule has 0 radical (unpaired) electrons. The number of halogens is 1. The average Bonchev–Trinajstić information content (AvgIpc) is 2.61. The molecular formula is C19H23ClN2O4. The summed E-state index contributed by atoms with van der Waals surface area (Å²) in [5, 5.41) is 15.7. The Balaban J connectivity index is 1.69. The van der Waals surface area contributed by atoms with Gasteiger partial charge in [0.15, 0.2) is 0 Å². The van der Waals surface area contributed by atoms with Crippen molar-refractivity contribution in [2.75, 3.05) is 0 Å². The van der Waals surface area contributed by atoms with Crippen LogP contribution in [-0.4, -0.2) is 35.0 Å². The number of fused-ring (bicyclic) bond motifs is 1. The highest BCUT2D eigenvalue weighted by Crippen LogP contribution is 2.37. The SMILES string of the molecule is O=C1CC(C[C@@H](NC(=O)c2ccc(Cl)cc2)C(=O)O)C2CCCCC2N1. The first-order valence-electron chi connectivity index (χ1n) is 9.02. The number of piperidine rings is 1. The molecule has 2 amide bonds. The summed E-state index contributed by atoms with van der Waals surface area (Å²) in [4.78, 5) is 36.1. The maximum Gasteiger partial charge on any atom is 0.326 e. The molecule has 0 aromatic heterocycles. The fraction of sp³-hybridized carbons (Fsp3) is 0.526. The lowest BCUT2D eigenvalue weighted by Gasteiger charge is -2.42. The lowest BCUT2D eigenvalue weighted by molar-refractivity contribution is -0.140. The van der Waals surface area contributed by atoms with Gasteiger partial charge >= 0.3 is 5.97 Å². The number of carboxylic acids is 1. The molecule has 26 heavy (non-hydrogen) atoms. The van der Waals surface area contributed by atoms with Crippen molar-refractivity contribution in [2.45, 2.75) is 50.6 Å². The van der Waals surface area contributed by atoms with Gasteiger partial charge in [-0.2, -0.15) is 0 Å². The van der Waals surface area contributed by atoms with Gasteiger partial charge in [-0.25, -0.2) is 4.79 Å². The second-order valence-corrected chi connectivity index (χ2v) is 7.63. The van der Waals surface area contributed by atoms with Crippen molar-refractivity contribution >= 4 is 29.4 Å². The molecule has 1 aliphatic carbocycles. The fourth-order valence-corrected chi connectivity index (χ4v) is 4.31. The van der Waals surface area contributed by atoms with Gasteiger partial charge in [-0.3, -0.25) is 9.59 Å². The Morgan fingerprint density at radius 2 is 1.92 bits per heavy atom. The maximum atomic E-state index is 12.4. The lowest BCUT2D eigenvalue weighted by Crippen LogP contribution is -2.52. The highest BCUT2D eigenvalue weighted by atomic mass is 35.5. The third kappa shape index (κ3) is 4.36. The van der Waals surface area contributed by atoms with Crippen molar-refractivity contribution < 1.29 is 19.5 Å². The third-order valence-electron chi connectivity index (χ3n) is 5.47. The summed E-state index contributed by atoms with van der Waals surface area (Å²) in [5.74, 6) is -1.29. The van der Waals surface area contributed by atoms with Crippen molar-refractivity contribution in [2.24, 2.45) is 11.8 Å². The minimum absolute atomic E-state index is 0.0219. The summed E-state index contributed by atoms with van der Waals surface area (Å²) in [6.45, 7) is 0. The molecule has 4 atom stereocenters. The highest BCUT2D eigenvalue weighted by molar-refractivity contribution is 6.30. The molecule has 3 unspecified atom stereocenters. The van der Waals surface area contributed by atoms with Crippen LogP contribution >= 0.6 is 11.6 Å². The van der Waals surface area contributed by atoms with Crippen LogP contribution in [0.4, 0.5) is 0 Å². The average molecular weight is 379 g/mol. The maximum absolute atomic E-state index is 12.4. The van der Waals surface area contributed by atoms with E-state index in [2.05, 4.69) is 10.6 Å². The Kier molecular flexibility index (Phi) is 5.81. The zero-order valence-corrected chi connectivity index (χ0v) is 15.2. The second kappa shape index (κ2) is 8.08. The first-order valence-corrected chi connectivity index (χ1v) is 9.40. The van der Waals surface area contributed by atoms with Gasteiger partial charge in [-0.15, -0.1) is 0 Å². The van der Waals surface area contributed by atoms with Gasteiger partial charge in [0.1, 0.15) is 6.04 Å². The second-order valence-electron chi connectivity index (χ2n) is 7.19. The van der Waals surface area contributed by atoms with Crippen molar-refractivity contribution in [3.8, 4) is 0 Å². The Labute approximate surface area is 157 Å². The molecule has 1 aromatic carbocycles. The van der Waals surface area contributed by atoms with Gasteiger partial charge in [0.2, 0.25) is 5.91 Å². The van der Waals surface area contributed by atoms with E-state index in [-0.39, 0.29) is 30.2 Å². The van der Waals surface area contributed by atoms with Crippen LogP contribution in [0.25, 0.3) is 0 Å². The summed E-state index contributed by atoms with van der Waals surface area (Å²) in [5.41, 5.74) is 0.359. The molecule has 140 valence electrons. The molecule has 6 nitrogen and oxygen atoms in total. The Morgan fingerprint density at radius 1 is 1.23 bits per heavy atom. The van der Waals surface area contributed by atoms with Crippen molar-refractivity contribution in [3.05, 3.63) is 34.9 Å². The van der Waals surface area contributed by atoms with Gasteiger partial charge < -0.3 is 15.7 Å². The van der Waals surface area contributed by atoms with Crippen molar-refractivity contribution in [3.63, 3.8) is 0 Å². The Hall–Kier alpha value is -2.08. The number of nitrogens with one attached hydrogen (secondary N) is 2. The van der Waals surface area contributed by atoms with Crippen LogP contribution in [0.3, 0.4) is 0 Å². The number of rotatable bonds is 5. The van der Waals surface area contributed by atoms with E-state index >= 15 is 0 Å². The molecule has 0 bridgehead atoms. The largest absolute Gasteiger partial charge is 0.480 e. The molecule has 7 heteroatoms. The van der Waals surface area contributed by atoms with E-state index in [1.54, 1.807) is 24.3 Å². The number of hydrogen-bond acceptors (Lipinski definition) is 3. The summed E-state index contributed by atoms with van der Waals surface area (Å²) >= 11 is 5.82. The predicted molar refractivity (Wildman–Crippen MR) is 97.0 cm³/mol. The Morgan fingerprint density at radius 3 is 2.62 bits per heavy atom. The van der Waals surface area contributed by atoms with Gasteiger partial charge in [0.05, 0.1) is 0 Å². The van der Waals surface area contributed by atoms with E-state index in [4.69, 9.17) is 11.6 Å². The van der Waals surface area contributed by atoms with Gasteiger partial charge in [-0.1, -0.05) is 24.4 Å². The topological polar surface area (TPSA) is 95.5 Å². The van der Waals surface area contributed by atoms with E-state index in [9.17, 15) is 19.5 Å². The lowest BCUT2D eigenvalue weighted by atomic mass is 9.70. The zero-order valence-electron chi connectivity index (χ0n) is 14.4. The van der Waals surface area contributed by atoms with E-state index in [1.807, 2.05) is 0 Å². The van der Waals surface area contributed by atoms with Crippen LogP contribution < -0.4 is 10.6 Å². The van der Waals surface area contributed by atoms with E-state index in [0.29, 0.717) is 17.0 Å². The van der Waals surface area contributed by atoms with Crippen LogP contribution in [0.2, 0.25) is 5.02 Å². The van der Waals surface area contributed by atoms with E-state index in [0.717, 1.165) is 25.7 Å².